The van der Waals surface area contributed by atoms with E-state index in [9.17, 15) is 4.79 Å². The van der Waals surface area contributed by atoms with Gasteiger partial charge in [-0.15, -0.1) is 0 Å². The summed E-state index contributed by atoms with van der Waals surface area (Å²) < 4.78 is 5.82. The smallest absolute Gasteiger partial charge is 0.319 e. The number of rotatable bonds is 3. The maximum atomic E-state index is 11.8. The van der Waals surface area contributed by atoms with Crippen LogP contribution >= 0.6 is 0 Å². The van der Waals surface area contributed by atoms with Gasteiger partial charge in [0.25, 0.3) is 0 Å². The van der Waals surface area contributed by atoms with Gasteiger partial charge in [-0.05, 0) is 56.7 Å². The molecule has 0 spiro atoms. The molecule has 3 rings (SSSR count). The second-order valence-electron chi connectivity index (χ2n) is 5.82. The number of hydrogen-bond donors (Lipinski definition) is 2. The highest BCUT2D eigenvalue weighted by atomic mass is 16.3. The number of amides is 2. The molecule has 0 bridgehead atoms. The van der Waals surface area contributed by atoms with Crippen LogP contribution in [-0.4, -0.2) is 17.1 Å². The zero-order valence-corrected chi connectivity index (χ0v) is 13.4. The summed E-state index contributed by atoms with van der Waals surface area (Å²) in [6.07, 6.45) is 0. The largest absolute Gasteiger partial charge is 0.436 e. The number of hydrogen-bond acceptors (Lipinski definition) is 3. The zero-order valence-electron chi connectivity index (χ0n) is 13.4. The standard InChI is InChI=1S/C18H19N3O2/c1-11(2)19-18(22)20-14-6-4-5-13(10-14)17-21-15-8-7-12(3)9-16(15)23-17/h4-11H,1-3H3,(H2,19,20,22). The summed E-state index contributed by atoms with van der Waals surface area (Å²) >= 11 is 0. The summed E-state index contributed by atoms with van der Waals surface area (Å²) in [4.78, 5) is 16.3. The number of anilines is 1. The fraction of sp³-hybridized carbons (Fsp3) is 0.222. The number of carbonyl (C=O) groups excluding carboxylic acids is 1. The van der Waals surface area contributed by atoms with Crippen LogP contribution in [0.15, 0.2) is 46.9 Å². The highest BCUT2D eigenvalue weighted by Crippen LogP contribution is 2.26. The minimum Gasteiger partial charge on any atom is -0.436 e. The Labute approximate surface area is 134 Å². The van der Waals surface area contributed by atoms with Crippen molar-refractivity contribution in [3.05, 3.63) is 48.0 Å². The zero-order chi connectivity index (χ0) is 16.4. The molecule has 2 amide bonds. The first-order valence-corrected chi connectivity index (χ1v) is 7.56. The molecule has 0 saturated heterocycles. The lowest BCUT2D eigenvalue weighted by Crippen LogP contribution is -2.34. The van der Waals surface area contributed by atoms with E-state index in [4.69, 9.17) is 4.42 Å². The summed E-state index contributed by atoms with van der Waals surface area (Å²) in [5.74, 6) is 0.540. The molecule has 3 aromatic rings. The molecule has 118 valence electrons. The van der Waals surface area contributed by atoms with E-state index >= 15 is 0 Å². The molecule has 0 aliphatic carbocycles. The normalized spacial score (nSPS) is 11.0. The fourth-order valence-electron chi connectivity index (χ4n) is 2.31. The predicted octanol–water partition coefficient (Wildman–Crippen LogP) is 4.33. The molecule has 2 N–H and O–H groups in total. The summed E-state index contributed by atoms with van der Waals surface area (Å²) in [5, 5.41) is 5.60. The van der Waals surface area contributed by atoms with Crippen LogP contribution in [0.3, 0.4) is 0 Å². The van der Waals surface area contributed by atoms with E-state index < -0.39 is 0 Å². The van der Waals surface area contributed by atoms with Gasteiger partial charge in [-0.2, -0.15) is 0 Å². The molecule has 0 atom stereocenters. The first-order valence-electron chi connectivity index (χ1n) is 7.56. The summed E-state index contributed by atoms with van der Waals surface area (Å²) in [5.41, 5.74) is 4.22. The lowest BCUT2D eigenvalue weighted by atomic mass is 10.2. The van der Waals surface area contributed by atoms with Crippen molar-refractivity contribution in [1.82, 2.24) is 10.3 Å². The van der Waals surface area contributed by atoms with Gasteiger partial charge in [0.2, 0.25) is 5.89 Å². The first kappa shape index (κ1) is 15.1. The van der Waals surface area contributed by atoms with Gasteiger partial charge in [-0.25, -0.2) is 9.78 Å². The summed E-state index contributed by atoms with van der Waals surface area (Å²) in [6.45, 7) is 5.84. The Morgan fingerprint density at radius 1 is 1.17 bits per heavy atom. The number of benzene rings is 2. The number of aromatic nitrogens is 1. The number of fused-ring (bicyclic) bond motifs is 1. The Kier molecular flexibility index (Phi) is 4.02. The molecule has 0 aliphatic rings. The van der Waals surface area contributed by atoms with Gasteiger partial charge in [0, 0.05) is 17.3 Å². The van der Waals surface area contributed by atoms with E-state index in [2.05, 4.69) is 15.6 Å². The van der Waals surface area contributed by atoms with Crippen molar-refractivity contribution < 1.29 is 9.21 Å². The van der Waals surface area contributed by atoms with Gasteiger partial charge < -0.3 is 15.1 Å². The number of aryl methyl sites for hydroxylation is 1. The SMILES string of the molecule is Cc1ccc2nc(-c3cccc(NC(=O)NC(C)C)c3)oc2c1. The van der Waals surface area contributed by atoms with E-state index in [0.717, 1.165) is 22.2 Å². The third-order valence-electron chi connectivity index (χ3n) is 3.33. The monoisotopic (exact) mass is 309 g/mol. The van der Waals surface area contributed by atoms with Gasteiger partial charge in [-0.1, -0.05) is 12.1 Å². The van der Waals surface area contributed by atoms with Crippen LogP contribution in [0.2, 0.25) is 0 Å². The van der Waals surface area contributed by atoms with E-state index in [-0.39, 0.29) is 12.1 Å². The molecular weight excluding hydrogens is 290 g/mol. The molecule has 2 aromatic carbocycles. The van der Waals surface area contributed by atoms with Crippen molar-refractivity contribution in [2.45, 2.75) is 26.8 Å². The Bertz CT molecular complexity index is 852. The second kappa shape index (κ2) is 6.12. The Morgan fingerprint density at radius 3 is 2.78 bits per heavy atom. The van der Waals surface area contributed by atoms with Crippen LogP contribution in [0.25, 0.3) is 22.6 Å². The Hall–Kier alpha value is -2.82. The molecule has 0 saturated carbocycles. The van der Waals surface area contributed by atoms with E-state index in [1.54, 1.807) is 0 Å². The first-order chi connectivity index (χ1) is 11.0. The molecule has 5 heteroatoms. The molecule has 0 unspecified atom stereocenters. The van der Waals surface area contributed by atoms with Crippen molar-refractivity contribution in [3.63, 3.8) is 0 Å². The summed E-state index contributed by atoms with van der Waals surface area (Å²) in [7, 11) is 0. The topological polar surface area (TPSA) is 67.2 Å². The van der Waals surface area contributed by atoms with Crippen molar-refractivity contribution in [2.75, 3.05) is 5.32 Å². The van der Waals surface area contributed by atoms with Crippen molar-refractivity contribution >= 4 is 22.8 Å². The third kappa shape index (κ3) is 3.51. The second-order valence-corrected chi connectivity index (χ2v) is 5.82. The third-order valence-corrected chi connectivity index (χ3v) is 3.33. The maximum absolute atomic E-state index is 11.8. The lowest BCUT2D eigenvalue weighted by Gasteiger charge is -2.10. The number of carbonyl (C=O) groups is 1. The molecule has 1 heterocycles. The minimum absolute atomic E-state index is 0.0819. The van der Waals surface area contributed by atoms with Gasteiger partial charge >= 0.3 is 6.03 Å². The van der Waals surface area contributed by atoms with Crippen LogP contribution in [0.4, 0.5) is 10.5 Å². The van der Waals surface area contributed by atoms with Crippen molar-refractivity contribution in [2.24, 2.45) is 0 Å². The summed E-state index contributed by atoms with van der Waals surface area (Å²) in [6, 6.07) is 13.2. The highest BCUT2D eigenvalue weighted by molar-refractivity contribution is 5.90. The predicted molar refractivity (Wildman–Crippen MR) is 91.5 cm³/mol. The number of oxazole rings is 1. The average molecular weight is 309 g/mol. The van der Waals surface area contributed by atoms with Crippen LogP contribution in [-0.2, 0) is 0 Å². The molecule has 0 fully saturated rings. The molecule has 23 heavy (non-hydrogen) atoms. The average Bonchev–Trinajstić information content (AvgIpc) is 2.89. The fourth-order valence-corrected chi connectivity index (χ4v) is 2.31. The molecule has 1 aromatic heterocycles. The van der Waals surface area contributed by atoms with Gasteiger partial charge in [-0.3, -0.25) is 0 Å². The van der Waals surface area contributed by atoms with Gasteiger partial charge in [0.1, 0.15) is 5.52 Å². The molecule has 0 radical (unpaired) electrons. The minimum atomic E-state index is -0.231. The van der Waals surface area contributed by atoms with E-state index in [0.29, 0.717) is 11.6 Å². The molecule has 5 nitrogen and oxygen atoms in total. The maximum Gasteiger partial charge on any atom is 0.319 e. The van der Waals surface area contributed by atoms with Crippen molar-refractivity contribution in [3.8, 4) is 11.5 Å². The Balaban J connectivity index is 1.87. The Morgan fingerprint density at radius 2 is 2.00 bits per heavy atom. The van der Waals surface area contributed by atoms with Gasteiger partial charge in [0.15, 0.2) is 5.58 Å². The molecule has 0 aliphatic heterocycles. The van der Waals surface area contributed by atoms with E-state index in [1.165, 1.54) is 0 Å². The quantitative estimate of drug-likeness (QED) is 0.756. The lowest BCUT2D eigenvalue weighted by molar-refractivity contribution is 0.250. The van der Waals surface area contributed by atoms with Gasteiger partial charge in [0.05, 0.1) is 0 Å². The highest BCUT2D eigenvalue weighted by Gasteiger charge is 2.10. The van der Waals surface area contributed by atoms with Crippen LogP contribution in [0, 0.1) is 6.92 Å². The number of urea groups is 1. The van der Waals surface area contributed by atoms with E-state index in [1.807, 2.05) is 63.2 Å². The number of nitrogens with zero attached hydrogens (tertiary/aromatic N) is 1. The van der Waals surface area contributed by atoms with Crippen LogP contribution < -0.4 is 10.6 Å². The van der Waals surface area contributed by atoms with Crippen molar-refractivity contribution in [1.29, 1.82) is 0 Å². The van der Waals surface area contributed by atoms with Crippen LogP contribution in [0.5, 0.6) is 0 Å². The molecular formula is C18H19N3O2. The number of nitrogens with one attached hydrogen (secondary N) is 2. The van der Waals surface area contributed by atoms with Crippen LogP contribution in [0.1, 0.15) is 19.4 Å².